The van der Waals surface area contributed by atoms with Gasteiger partial charge in [0.2, 0.25) is 21.8 Å². The Kier molecular flexibility index (Phi) is 9.93. The monoisotopic (exact) mass is 587 g/mol. The van der Waals surface area contributed by atoms with E-state index in [0.29, 0.717) is 10.4 Å². The van der Waals surface area contributed by atoms with Crippen LogP contribution in [0.15, 0.2) is 42.5 Å². The van der Waals surface area contributed by atoms with E-state index in [1.807, 2.05) is 19.1 Å². The van der Waals surface area contributed by atoms with Crippen LogP contribution < -0.4 is 9.62 Å². The summed E-state index contributed by atoms with van der Waals surface area (Å²) in [5.74, 6) is -1.10. The number of anilines is 1. The molecule has 1 saturated carbocycles. The number of sulfonamides is 1. The summed E-state index contributed by atoms with van der Waals surface area (Å²) in [6, 6.07) is 8.67. The van der Waals surface area contributed by atoms with Crippen molar-refractivity contribution < 1.29 is 31.2 Å². The Morgan fingerprint density at radius 3 is 2.36 bits per heavy atom. The number of carbonyl (C=O) groups is 2. The third-order valence-electron chi connectivity index (χ3n) is 6.74. The zero-order chi connectivity index (χ0) is 29.0. The normalized spacial score (nSPS) is 15.2. The van der Waals surface area contributed by atoms with E-state index < -0.39 is 45.9 Å². The molecule has 3 rings (SSSR count). The van der Waals surface area contributed by atoms with Gasteiger partial charge in [-0.25, -0.2) is 8.42 Å². The van der Waals surface area contributed by atoms with E-state index in [2.05, 4.69) is 5.32 Å². The van der Waals surface area contributed by atoms with E-state index in [0.717, 1.165) is 55.2 Å². The average Bonchev–Trinajstić information content (AvgIpc) is 3.34. The first-order valence-electron chi connectivity index (χ1n) is 12.7. The lowest BCUT2D eigenvalue weighted by molar-refractivity contribution is -0.140. The summed E-state index contributed by atoms with van der Waals surface area (Å²) in [6.45, 7) is 2.79. The molecule has 1 aliphatic carbocycles. The number of carbonyl (C=O) groups excluding carboxylic acids is 2. The van der Waals surface area contributed by atoms with Gasteiger partial charge < -0.3 is 10.2 Å². The van der Waals surface area contributed by atoms with Gasteiger partial charge in [0.1, 0.15) is 12.6 Å². The van der Waals surface area contributed by atoms with E-state index in [-0.39, 0.29) is 29.9 Å². The lowest BCUT2D eigenvalue weighted by Crippen LogP contribution is -2.53. The van der Waals surface area contributed by atoms with E-state index in [9.17, 15) is 31.2 Å². The van der Waals surface area contributed by atoms with Crippen molar-refractivity contribution in [2.24, 2.45) is 0 Å². The van der Waals surface area contributed by atoms with Gasteiger partial charge >= 0.3 is 6.18 Å². The van der Waals surface area contributed by atoms with Crippen molar-refractivity contribution in [3.8, 4) is 0 Å². The van der Waals surface area contributed by atoms with Gasteiger partial charge in [-0.1, -0.05) is 61.2 Å². The van der Waals surface area contributed by atoms with Crippen molar-refractivity contribution in [2.45, 2.75) is 70.8 Å². The molecular weight excluding hydrogens is 555 g/mol. The molecule has 0 spiro atoms. The van der Waals surface area contributed by atoms with Gasteiger partial charge in [-0.2, -0.15) is 13.2 Å². The highest BCUT2D eigenvalue weighted by molar-refractivity contribution is 7.92. The minimum atomic E-state index is -4.75. The van der Waals surface area contributed by atoms with Crippen LogP contribution in [0.5, 0.6) is 0 Å². The first-order valence-corrected chi connectivity index (χ1v) is 14.9. The number of halogens is 4. The molecule has 2 aromatic rings. The van der Waals surface area contributed by atoms with Gasteiger partial charge in [0.25, 0.3) is 0 Å². The van der Waals surface area contributed by atoms with Crippen LogP contribution in [0.1, 0.15) is 55.7 Å². The topological polar surface area (TPSA) is 86.8 Å². The number of amides is 2. The van der Waals surface area contributed by atoms with Crippen LogP contribution in [0.25, 0.3) is 0 Å². The van der Waals surface area contributed by atoms with Crippen LogP contribution in [0, 0.1) is 6.92 Å². The molecule has 0 saturated heterocycles. The highest BCUT2D eigenvalue weighted by atomic mass is 35.5. The number of nitrogens with zero attached hydrogens (tertiary/aromatic N) is 2. The summed E-state index contributed by atoms with van der Waals surface area (Å²) >= 11 is 6.13. The van der Waals surface area contributed by atoms with Crippen LogP contribution in [-0.4, -0.2) is 50.0 Å². The number of hydrogen-bond acceptors (Lipinski definition) is 4. The molecule has 1 fully saturated rings. The molecule has 2 aromatic carbocycles. The molecule has 2 amide bonds. The van der Waals surface area contributed by atoms with Gasteiger partial charge in [0, 0.05) is 12.6 Å². The lowest BCUT2D eigenvalue weighted by atomic mass is 10.1. The molecule has 39 heavy (non-hydrogen) atoms. The van der Waals surface area contributed by atoms with E-state index in [1.165, 1.54) is 4.90 Å². The molecule has 7 nitrogen and oxygen atoms in total. The molecule has 0 aliphatic heterocycles. The van der Waals surface area contributed by atoms with Gasteiger partial charge in [-0.3, -0.25) is 13.9 Å². The number of aryl methyl sites for hydroxylation is 1. The Morgan fingerprint density at radius 1 is 1.13 bits per heavy atom. The minimum Gasteiger partial charge on any atom is -0.352 e. The molecule has 0 unspecified atom stereocenters. The summed E-state index contributed by atoms with van der Waals surface area (Å²) in [6.07, 6.45) is -0.0577. The predicted molar refractivity (Wildman–Crippen MR) is 145 cm³/mol. The zero-order valence-corrected chi connectivity index (χ0v) is 23.7. The third kappa shape index (κ3) is 8.11. The number of rotatable bonds is 10. The van der Waals surface area contributed by atoms with Crippen molar-refractivity contribution in [1.29, 1.82) is 0 Å². The molecule has 0 radical (unpaired) electrons. The highest BCUT2D eigenvalue weighted by Crippen LogP contribution is 2.36. The summed E-state index contributed by atoms with van der Waals surface area (Å²) < 4.78 is 66.3. The van der Waals surface area contributed by atoms with Crippen LogP contribution in [0.2, 0.25) is 5.02 Å². The maximum Gasteiger partial charge on any atom is 0.416 e. The van der Waals surface area contributed by atoms with Crippen molar-refractivity contribution in [2.75, 3.05) is 17.1 Å². The largest absolute Gasteiger partial charge is 0.416 e. The summed E-state index contributed by atoms with van der Waals surface area (Å²) in [5.41, 5.74) is 0.0682. The first kappa shape index (κ1) is 30.7. The first-order chi connectivity index (χ1) is 18.2. The van der Waals surface area contributed by atoms with E-state index in [1.54, 1.807) is 19.1 Å². The second-order valence-corrected chi connectivity index (χ2v) is 12.2. The number of hydrogen-bond donors (Lipinski definition) is 1. The Bertz CT molecular complexity index is 1300. The molecule has 0 aromatic heterocycles. The van der Waals surface area contributed by atoms with Crippen LogP contribution >= 0.6 is 11.6 Å². The van der Waals surface area contributed by atoms with Crippen LogP contribution in [-0.2, 0) is 32.3 Å². The Morgan fingerprint density at radius 2 is 1.79 bits per heavy atom. The molecule has 0 bridgehead atoms. The van der Waals surface area contributed by atoms with Crippen LogP contribution in [0.4, 0.5) is 18.9 Å². The number of nitrogens with one attached hydrogen (secondary N) is 1. The molecule has 214 valence electrons. The van der Waals surface area contributed by atoms with Crippen LogP contribution in [0.3, 0.4) is 0 Å². The van der Waals surface area contributed by atoms with Gasteiger partial charge in [0.05, 0.1) is 22.5 Å². The predicted octanol–water partition coefficient (Wildman–Crippen LogP) is 5.30. The van der Waals surface area contributed by atoms with E-state index >= 15 is 0 Å². The summed E-state index contributed by atoms with van der Waals surface area (Å²) in [4.78, 5) is 28.4. The van der Waals surface area contributed by atoms with Crippen molar-refractivity contribution in [1.82, 2.24) is 10.2 Å². The third-order valence-corrected chi connectivity index (χ3v) is 8.19. The molecule has 1 atom stereocenters. The molecule has 1 aliphatic rings. The SMILES string of the molecule is CC[C@H](C(=O)NC1CCCC1)N(Cc1cccc(C)c1)C(=O)CN(c1cc(C(F)(F)F)ccc1Cl)S(C)(=O)=O. The second kappa shape index (κ2) is 12.6. The molecular formula is C27H33ClF3N3O4S. The number of alkyl halides is 3. The standard InChI is InChI=1S/C27H33ClF3N3O4S/c1-4-23(26(36)32-21-10-5-6-11-21)33(16-19-9-7-8-18(2)14-19)25(35)17-34(39(3,37)38)24-15-20(27(29,30)31)12-13-22(24)28/h7-9,12-15,21,23H,4-6,10-11,16-17H2,1-3H3,(H,32,36)/t23-/m1/s1. The smallest absolute Gasteiger partial charge is 0.352 e. The van der Waals surface area contributed by atoms with Gasteiger partial charge in [-0.15, -0.1) is 0 Å². The molecule has 0 heterocycles. The fourth-order valence-corrected chi connectivity index (χ4v) is 5.89. The fourth-order valence-electron chi connectivity index (χ4n) is 4.77. The average molecular weight is 588 g/mol. The van der Waals surface area contributed by atoms with Gasteiger partial charge in [-0.05, 0) is 49.9 Å². The summed E-state index contributed by atoms with van der Waals surface area (Å²) in [5, 5.41) is 2.73. The quantitative estimate of drug-likeness (QED) is 0.409. The second-order valence-electron chi connectivity index (χ2n) is 9.86. The van der Waals surface area contributed by atoms with E-state index in [4.69, 9.17) is 11.6 Å². The molecule has 12 heteroatoms. The molecule has 1 N–H and O–H groups in total. The van der Waals surface area contributed by atoms with Crippen molar-refractivity contribution in [3.63, 3.8) is 0 Å². The lowest BCUT2D eigenvalue weighted by Gasteiger charge is -2.33. The maximum atomic E-state index is 13.8. The van der Waals surface area contributed by atoms with Gasteiger partial charge in [0.15, 0.2) is 0 Å². The highest BCUT2D eigenvalue weighted by Gasteiger charge is 2.35. The zero-order valence-electron chi connectivity index (χ0n) is 22.1. The maximum absolute atomic E-state index is 13.8. The van der Waals surface area contributed by atoms with Crippen molar-refractivity contribution in [3.05, 3.63) is 64.2 Å². The Balaban J connectivity index is 1.99. The minimum absolute atomic E-state index is 0.00101. The fraction of sp³-hybridized carbons (Fsp3) is 0.481. The Labute approximate surface area is 232 Å². The Hall–Kier alpha value is -2.79. The van der Waals surface area contributed by atoms with Crippen molar-refractivity contribution >= 4 is 39.1 Å². The summed E-state index contributed by atoms with van der Waals surface area (Å²) in [7, 11) is -4.25. The number of benzene rings is 2.